The fourth-order valence-electron chi connectivity index (χ4n) is 3.07. The van der Waals surface area contributed by atoms with Gasteiger partial charge in [-0.3, -0.25) is 10.1 Å². The van der Waals surface area contributed by atoms with E-state index in [2.05, 4.69) is 11.3 Å². The quantitative estimate of drug-likeness (QED) is 0.407. The van der Waals surface area contributed by atoms with Crippen molar-refractivity contribution in [3.63, 3.8) is 0 Å². The van der Waals surface area contributed by atoms with Crippen LogP contribution in [0.5, 0.6) is 0 Å². The normalized spacial score (nSPS) is 12.3. The fourth-order valence-corrected chi connectivity index (χ4v) is 4.29. The lowest BCUT2D eigenvalue weighted by Gasteiger charge is -2.21. The minimum atomic E-state index is -3.80. The highest BCUT2D eigenvalue weighted by Crippen LogP contribution is 2.29. The van der Waals surface area contributed by atoms with Crippen LogP contribution in [-0.4, -0.2) is 13.3 Å². The van der Waals surface area contributed by atoms with Crippen LogP contribution in [0, 0.1) is 17.0 Å². The molecule has 0 fully saturated rings. The molecule has 154 valence electrons. The minimum absolute atomic E-state index is 0.0548. The van der Waals surface area contributed by atoms with Crippen LogP contribution in [0.1, 0.15) is 29.2 Å². The molecule has 0 saturated carbocycles. The first-order valence-electron chi connectivity index (χ1n) is 9.33. The molecule has 0 aliphatic rings. The van der Waals surface area contributed by atoms with Gasteiger partial charge in [0.1, 0.15) is 0 Å². The maximum absolute atomic E-state index is 13.0. The Balaban J connectivity index is 1.93. The topological polar surface area (TPSA) is 89.3 Å². The summed E-state index contributed by atoms with van der Waals surface area (Å²) in [5.41, 5.74) is 3.18. The second-order valence-corrected chi connectivity index (χ2v) is 8.72. The van der Waals surface area contributed by atoms with Crippen molar-refractivity contribution in [1.82, 2.24) is 4.72 Å². The summed E-state index contributed by atoms with van der Waals surface area (Å²) in [6, 6.07) is 21.3. The molecule has 3 aromatic rings. The van der Waals surface area contributed by atoms with Crippen LogP contribution in [-0.2, 0) is 10.0 Å². The molecule has 1 N–H and O–H groups in total. The van der Waals surface area contributed by atoms with Crippen molar-refractivity contribution in [2.24, 2.45) is 0 Å². The minimum Gasteiger partial charge on any atom is -0.258 e. The summed E-state index contributed by atoms with van der Waals surface area (Å²) in [4.78, 5) is 10.6. The smallest absolute Gasteiger partial charge is 0.258 e. The lowest BCUT2D eigenvalue weighted by molar-refractivity contribution is -0.384. The highest BCUT2D eigenvalue weighted by Gasteiger charge is 2.23. The predicted molar refractivity (Wildman–Crippen MR) is 117 cm³/mol. The van der Waals surface area contributed by atoms with Gasteiger partial charge < -0.3 is 0 Å². The van der Waals surface area contributed by atoms with Crippen LogP contribution >= 0.6 is 0 Å². The average Bonchev–Trinajstić information content (AvgIpc) is 2.74. The van der Waals surface area contributed by atoms with Crippen LogP contribution in [0.4, 0.5) is 5.69 Å². The third kappa shape index (κ3) is 5.20. The maximum atomic E-state index is 13.0. The second kappa shape index (κ2) is 9.02. The van der Waals surface area contributed by atoms with E-state index in [1.807, 2.05) is 37.3 Å². The number of nitrogens with zero attached hydrogens (tertiary/aromatic N) is 1. The van der Waals surface area contributed by atoms with Crippen molar-refractivity contribution in [3.05, 3.63) is 112 Å². The van der Waals surface area contributed by atoms with Crippen molar-refractivity contribution in [1.29, 1.82) is 0 Å². The van der Waals surface area contributed by atoms with Gasteiger partial charge in [-0.25, -0.2) is 13.1 Å². The summed E-state index contributed by atoms with van der Waals surface area (Å²) in [5, 5.41) is 11.0. The lowest BCUT2D eigenvalue weighted by Crippen LogP contribution is -2.29. The van der Waals surface area contributed by atoms with Crippen LogP contribution in [0.3, 0.4) is 0 Å². The summed E-state index contributed by atoms with van der Waals surface area (Å²) in [5.74, 6) is 0. The summed E-state index contributed by atoms with van der Waals surface area (Å²) < 4.78 is 28.7. The predicted octanol–water partition coefficient (Wildman–Crippen LogP) is 5.03. The van der Waals surface area contributed by atoms with Crippen molar-refractivity contribution >= 4 is 21.3 Å². The molecule has 0 aliphatic carbocycles. The van der Waals surface area contributed by atoms with Crippen molar-refractivity contribution in [3.8, 4) is 0 Å². The summed E-state index contributed by atoms with van der Waals surface area (Å²) in [7, 11) is -3.80. The number of non-ortho nitro benzene ring substituents is 1. The standard InChI is InChI=1S/C23H22N2O4S/c1-17-8-14-22(15-9-17)30(28,29)24-23(16-18(2)19-6-4-3-5-7-19)20-10-12-21(13-11-20)25(26)27/h3-15,23-24H,2,16H2,1H3. The molecule has 7 heteroatoms. The van der Waals surface area contributed by atoms with E-state index in [0.29, 0.717) is 12.0 Å². The van der Waals surface area contributed by atoms with Gasteiger partial charge in [-0.05, 0) is 42.2 Å². The van der Waals surface area contributed by atoms with E-state index >= 15 is 0 Å². The van der Waals surface area contributed by atoms with E-state index in [1.165, 1.54) is 12.1 Å². The average molecular weight is 423 g/mol. The number of hydrogen-bond acceptors (Lipinski definition) is 4. The summed E-state index contributed by atoms with van der Waals surface area (Å²) in [6.45, 7) is 5.99. The zero-order valence-electron chi connectivity index (χ0n) is 16.5. The molecule has 0 amide bonds. The van der Waals surface area contributed by atoms with Crippen molar-refractivity contribution < 1.29 is 13.3 Å². The number of nitro groups is 1. The molecule has 1 atom stereocenters. The number of benzene rings is 3. The van der Waals surface area contributed by atoms with Gasteiger partial charge in [0.25, 0.3) is 5.69 Å². The SMILES string of the molecule is C=C(CC(NS(=O)(=O)c1ccc(C)cc1)c1ccc([N+](=O)[O-])cc1)c1ccccc1. The Morgan fingerprint density at radius 1 is 1.00 bits per heavy atom. The number of nitrogens with one attached hydrogen (secondary N) is 1. The third-order valence-electron chi connectivity index (χ3n) is 4.77. The van der Waals surface area contributed by atoms with E-state index in [-0.39, 0.29) is 10.6 Å². The lowest BCUT2D eigenvalue weighted by atomic mass is 9.96. The highest BCUT2D eigenvalue weighted by atomic mass is 32.2. The molecule has 0 radical (unpaired) electrons. The van der Waals surface area contributed by atoms with Gasteiger partial charge >= 0.3 is 0 Å². The molecule has 1 unspecified atom stereocenters. The Hall–Kier alpha value is -3.29. The Kier molecular flexibility index (Phi) is 6.44. The molecular weight excluding hydrogens is 400 g/mol. The molecule has 30 heavy (non-hydrogen) atoms. The second-order valence-electron chi connectivity index (χ2n) is 7.01. The number of hydrogen-bond donors (Lipinski definition) is 1. The molecule has 0 aromatic heterocycles. The Bertz CT molecular complexity index is 1140. The van der Waals surface area contributed by atoms with Crippen LogP contribution in [0.2, 0.25) is 0 Å². The van der Waals surface area contributed by atoms with Gasteiger partial charge in [0.15, 0.2) is 0 Å². The highest BCUT2D eigenvalue weighted by molar-refractivity contribution is 7.89. The van der Waals surface area contributed by atoms with Crippen LogP contribution in [0.15, 0.2) is 90.3 Å². The Morgan fingerprint density at radius 2 is 1.60 bits per heavy atom. The largest absolute Gasteiger partial charge is 0.269 e. The first kappa shape index (κ1) is 21.4. The molecule has 0 aliphatic heterocycles. The van der Waals surface area contributed by atoms with Gasteiger partial charge in [-0.15, -0.1) is 0 Å². The van der Waals surface area contributed by atoms with Crippen molar-refractivity contribution in [2.75, 3.05) is 0 Å². The van der Waals surface area contributed by atoms with E-state index in [0.717, 1.165) is 16.7 Å². The Labute approximate surface area is 176 Å². The molecule has 6 nitrogen and oxygen atoms in total. The van der Waals surface area contributed by atoms with E-state index in [1.54, 1.807) is 36.4 Å². The van der Waals surface area contributed by atoms with Crippen LogP contribution < -0.4 is 4.72 Å². The first-order valence-corrected chi connectivity index (χ1v) is 10.8. The zero-order chi connectivity index (χ0) is 21.7. The molecule has 0 heterocycles. The zero-order valence-corrected chi connectivity index (χ0v) is 17.3. The van der Waals surface area contributed by atoms with E-state index in [9.17, 15) is 18.5 Å². The molecular formula is C23H22N2O4S. The molecule has 0 spiro atoms. The number of nitro benzene ring substituents is 1. The summed E-state index contributed by atoms with van der Waals surface area (Å²) in [6.07, 6.45) is 0.312. The molecule has 3 rings (SSSR count). The third-order valence-corrected chi connectivity index (χ3v) is 6.26. The monoisotopic (exact) mass is 422 g/mol. The van der Waals surface area contributed by atoms with E-state index < -0.39 is 21.0 Å². The van der Waals surface area contributed by atoms with Gasteiger partial charge in [-0.1, -0.05) is 66.7 Å². The van der Waals surface area contributed by atoms with Crippen LogP contribution in [0.25, 0.3) is 5.57 Å². The molecule has 0 bridgehead atoms. The van der Waals surface area contributed by atoms with Gasteiger partial charge in [0.2, 0.25) is 10.0 Å². The van der Waals surface area contributed by atoms with Gasteiger partial charge in [0, 0.05) is 12.1 Å². The Morgan fingerprint density at radius 3 is 2.17 bits per heavy atom. The van der Waals surface area contributed by atoms with E-state index in [4.69, 9.17) is 0 Å². The fraction of sp³-hybridized carbons (Fsp3) is 0.130. The maximum Gasteiger partial charge on any atom is 0.269 e. The number of aryl methyl sites for hydroxylation is 1. The van der Waals surface area contributed by atoms with Gasteiger partial charge in [0.05, 0.1) is 15.9 Å². The molecule has 3 aromatic carbocycles. The summed E-state index contributed by atoms with van der Waals surface area (Å²) >= 11 is 0. The molecule has 0 saturated heterocycles. The number of sulfonamides is 1. The van der Waals surface area contributed by atoms with Gasteiger partial charge in [-0.2, -0.15) is 0 Å². The first-order chi connectivity index (χ1) is 14.3. The van der Waals surface area contributed by atoms with Crippen molar-refractivity contribution in [2.45, 2.75) is 24.3 Å². The number of rotatable bonds is 8.